The van der Waals surface area contributed by atoms with Gasteiger partial charge in [0.1, 0.15) is 0 Å². The zero-order chi connectivity index (χ0) is 11.0. The van der Waals surface area contributed by atoms with Crippen LogP contribution in [-0.4, -0.2) is 9.97 Å². The predicted octanol–water partition coefficient (Wildman–Crippen LogP) is 2.65. The first-order chi connectivity index (χ1) is 7.84. The normalized spacial score (nSPS) is 10.8. The van der Waals surface area contributed by atoms with Crippen molar-refractivity contribution in [3.05, 3.63) is 52.4 Å². The van der Waals surface area contributed by atoms with Gasteiger partial charge in [0, 0.05) is 4.88 Å². The van der Waals surface area contributed by atoms with Crippen LogP contribution in [0.2, 0.25) is 0 Å². The Morgan fingerprint density at radius 2 is 2.19 bits per heavy atom. The maximum absolute atomic E-state index is 11.6. The number of aromatic amines is 1. The molecule has 1 aromatic carbocycles. The number of nitrogens with zero attached hydrogens (tertiary/aromatic N) is 1. The Bertz CT molecular complexity index is 686. The number of H-pyrrole nitrogens is 1. The second kappa shape index (κ2) is 3.57. The van der Waals surface area contributed by atoms with Crippen molar-refractivity contribution < 1.29 is 0 Å². The fraction of sp³-hybridized carbons (Fsp3) is 0. The van der Waals surface area contributed by atoms with E-state index in [1.165, 1.54) is 6.33 Å². The third-order valence-corrected chi connectivity index (χ3v) is 3.37. The topological polar surface area (TPSA) is 45.8 Å². The highest BCUT2D eigenvalue weighted by Crippen LogP contribution is 2.25. The van der Waals surface area contributed by atoms with Gasteiger partial charge in [-0.15, -0.1) is 11.3 Å². The number of aromatic nitrogens is 2. The molecule has 0 fully saturated rings. The smallest absolute Gasteiger partial charge is 0.258 e. The Kier molecular flexibility index (Phi) is 2.08. The van der Waals surface area contributed by atoms with E-state index in [4.69, 9.17) is 0 Å². The molecule has 0 aliphatic heterocycles. The van der Waals surface area contributed by atoms with Crippen LogP contribution >= 0.6 is 11.3 Å². The van der Waals surface area contributed by atoms with E-state index >= 15 is 0 Å². The van der Waals surface area contributed by atoms with E-state index in [0.29, 0.717) is 5.39 Å². The molecule has 2 heterocycles. The number of fused-ring (bicyclic) bond motifs is 1. The van der Waals surface area contributed by atoms with E-state index < -0.39 is 0 Å². The molecule has 0 unspecified atom stereocenters. The van der Waals surface area contributed by atoms with Gasteiger partial charge in [0.05, 0.1) is 17.2 Å². The highest BCUT2D eigenvalue weighted by Gasteiger charge is 2.03. The molecule has 0 spiro atoms. The second-order valence-corrected chi connectivity index (χ2v) is 4.39. The average Bonchev–Trinajstić information content (AvgIpc) is 2.83. The molecule has 78 valence electrons. The lowest BCUT2D eigenvalue weighted by Gasteiger charge is -1.99. The van der Waals surface area contributed by atoms with Crippen LogP contribution < -0.4 is 5.56 Å². The lowest BCUT2D eigenvalue weighted by Crippen LogP contribution is -2.05. The third-order valence-electron chi connectivity index (χ3n) is 2.45. The Labute approximate surface area is 95.4 Å². The molecule has 0 radical (unpaired) electrons. The lowest BCUT2D eigenvalue weighted by molar-refractivity contribution is 1.17. The van der Waals surface area contributed by atoms with Crippen molar-refractivity contribution in [3.63, 3.8) is 0 Å². The molecular formula is C12H8N2OS. The summed E-state index contributed by atoms with van der Waals surface area (Å²) in [6.07, 6.45) is 1.43. The monoisotopic (exact) mass is 228 g/mol. The summed E-state index contributed by atoms with van der Waals surface area (Å²) in [5.41, 5.74) is 1.69. The fourth-order valence-corrected chi connectivity index (χ4v) is 2.39. The molecule has 0 amide bonds. The molecule has 3 nitrogen and oxygen atoms in total. The third kappa shape index (κ3) is 1.44. The highest BCUT2D eigenvalue weighted by molar-refractivity contribution is 7.13. The highest BCUT2D eigenvalue weighted by atomic mass is 32.1. The van der Waals surface area contributed by atoms with Crippen molar-refractivity contribution in [2.45, 2.75) is 0 Å². The molecule has 3 rings (SSSR count). The molecule has 0 aliphatic rings. The second-order valence-electron chi connectivity index (χ2n) is 3.44. The maximum atomic E-state index is 11.6. The number of thiophene rings is 1. The first-order valence-corrected chi connectivity index (χ1v) is 5.74. The fourth-order valence-electron chi connectivity index (χ4n) is 1.66. The van der Waals surface area contributed by atoms with E-state index in [0.717, 1.165) is 16.0 Å². The van der Waals surface area contributed by atoms with Gasteiger partial charge in [-0.1, -0.05) is 12.1 Å². The van der Waals surface area contributed by atoms with Crippen LogP contribution in [-0.2, 0) is 0 Å². The predicted molar refractivity (Wildman–Crippen MR) is 65.7 cm³/mol. The van der Waals surface area contributed by atoms with Crippen LogP contribution in [0.15, 0.2) is 46.8 Å². The minimum atomic E-state index is -0.0941. The number of rotatable bonds is 1. The van der Waals surface area contributed by atoms with Crippen LogP contribution in [0.5, 0.6) is 0 Å². The molecular weight excluding hydrogens is 220 g/mol. The van der Waals surface area contributed by atoms with Gasteiger partial charge >= 0.3 is 0 Å². The van der Waals surface area contributed by atoms with E-state index in [2.05, 4.69) is 9.97 Å². The van der Waals surface area contributed by atoms with Crippen molar-refractivity contribution in [3.8, 4) is 10.4 Å². The van der Waals surface area contributed by atoms with Gasteiger partial charge in [-0.25, -0.2) is 4.98 Å². The Morgan fingerprint density at radius 1 is 1.25 bits per heavy atom. The summed E-state index contributed by atoms with van der Waals surface area (Å²) < 4.78 is 0. The quantitative estimate of drug-likeness (QED) is 0.696. The van der Waals surface area contributed by atoms with Gasteiger partial charge < -0.3 is 4.98 Å². The van der Waals surface area contributed by atoms with Crippen LogP contribution in [0.3, 0.4) is 0 Å². The first kappa shape index (κ1) is 9.30. The van der Waals surface area contributed by atoms with Gasteiger partial charge in [-0.3, -0.25) is 4.79 Å². The van der Waals surface area contributed by atoms with Gasteiger partial charge in [0.25, 0.3) is 5.56 Å². The van der Waals surface area contributed by atoms with Crippen molar-refractivity contribution >= 4 is 22.2 Å². The van der Waals surface area contributed by atoms with Gasteiger partial charge in [-0.2, -0.15) is 0 Å². The molecule has 0 aliphatic carbocycles. The van der Waals surface area contributed by atoms with E-state index in [1.807, 2.05) is 35.7 Å². The van der Waals surface area contributed by atoms with Gasteiger partial charge in [-0.05, 0) is 29.1 Å². The molecule has 2 aromatic heterocycles. The summed E-state index contributed by atoms with van der Waals surface area (Å²) >= 11 is 1.66. The van der Waals surface area contributed by atoms with E-state index in [1.54, 1.807) is 11.3 Å². The SMILES string of the molecule is O=c1[nH]cnc2ccc(-c3cccs3)cc12. The molecule has 4 heteroatoms. The Morgan fingerprint density at radius 3 is 3.00 bits per heavy atom. The number of nitrogens with one attached hydrogen (secondary N) is 1. The number of benzene rings is 1. The summed E-state index contributed by atoms with van der Waals surface area (Å²) in [7, 11) is 0. The Hall–Kier alpha value is -1.94. The molecule has 3 aromatic rings. The molecule has 0 saturated heterocycles. The van der Waals surface area contributed by atoms with Crippen molar-refractivity contribution in [2.75, 3.05) is 0 Å². The van der Waals surface area contributed by atoms with Crippen LogP contribution in [0, 0.1) is 0 Å². The van der Waals surface area contributed by atoms with E-state index in [9.17, 15) is 4.79 Å². The maximum Gasteiger partial charge on any atom is 0.258 e. The summed E-state index contributed by atoms with van der Waals surface area (Å²) in [6.45, 7) is 0. The Balaban J connectivity index is 2.31. The summed E-state index contributed by atoms with van der Waals surface area (Å²) in [5.74, 6) is 0. The first-order valence-electron chi connectivity index (χ1n) is 4.86. The average molecular weight is 228 g/mol. The summed E-state index contributed by atoms with van der Waals surface area (Å²) in [6, 6.07) is 9.78. The molecule has 1 N–H and O–H groups in total. The molecule has 16 heavy (non-hydrogen) atoms. The van der Waals surface area contributed by atoms with Crippen molar-refractivity contribution in [1.29, 1.82) is 0 Å². The zero-order valence-corrected chi connectivity index (χ0v) is 9.12. The van der Waals surface area contributed by atoms with Crippen molar-refractivity contribution in [2.24, 2.45) is 0 Å². The van der Waals surface area contributed by atoms with Gasteiger partial charge in [0.2, 0.25) is 0 Å². The van der Waals surface area contributed by atoms with Crippen molar-refractivity contribution in [1.82, 2.24) is 9.97 Å². The van der Waals surface area contributed by atoms with E-state index in [-0.39, 0.29) is 5.56 Å². The van der Waals surface area contributed by atoms with Gasteiger partial charge in [0.15, 0.2) is 0 Å². The minimum Gasteiger partial charge on any atom is -0.313 e. The van der Waals surface area contributed by atoms with Crippen LogP contribution in [0.25, 0.3) is 21.3 Å². The summed E-state index contributed by atoms with van der Waals surface area (Å²) in [4.78, 5) is 19.5. The standard InChI is InChI=1S/C12H8N2OS/c15-12-9-6-8(11-2-1-5-16-11)3-4-10(9)13-7-14-12/h1-7H,(H,13,14,15). The summed E-state index contributed by atoms with van der Waals surface area (Å²) in [5, 5.41) is 2.65. The van der Waals surface area contributed by atoms with Crippen LogP contribution in [0.1, 0.15) is 0 Å². The molecule has 0 atom stereocenters. The largest absolute Gasteiger partial charge is 0.313 e. The molecule has 0 bridgehead atoms. The number of hydrogen-bond acceptors (Lipinski definition) is 3. The minimum absolute atomic E-state index is 0.0941. The van der Waals surface area contributed by atoms with Crippen LogP contribution in [0.4, 0.5) is 0 Å². The number of hydrogen-bond donors (Lipinski definition) is 1. The lowest BCUT2D eigenvalue weighted by atomic mass is 10.1. The zero-order valence-electron chi connectivity index (χ0n) is 8.31. The molecule has 0 saturated carbocycles.